The molecule has 7 heteroatoms. The number of rotatable bonds is 4. The minimum absolute atomic E-state index is 0.0580. The molecule has 17 heavy (non-hydrogen) atoms. The molecule has 0 radical (unpaired) electrons. The van der Waals surface area contributed by atoms with Gasteiger partial charge in [0.2, 0.25) is 5.91 Å². The van der Waals surface area contributed by atoms with Crippen molar-refractivity contribution < 1.29 is 17.8 Å². The van der Waals surface area contributed by atoms with Crippen LogP contribution in [0.25, 0.3) is 0 Å². The first-order valence-corrected chi connectivity index (χ1v) is 6.76. The summed E-state index contributed by atoms with van der Waals surface area (Å²) in [5.74, 6) is -0.0389. The first-order chi connectivity index (χ1) is 7.84. The van der Waals surface area contributed by atoms with E-state index >= 15 is 0 Å². The summed E-state index contributed by atoms with van der Waals surface area (Å²) >= 11 is 5.57. The van der Waals surface area contributed by atoms with E-state index in [0.717, 1.165) is 5.56 Å². The zero-order valence-corrected chi connectivity index (χ0v) is 10.7. The van der Waals surface area contributed by atoms with Crippen molar-refractivity contribution in [3.05, 3.63) is 23.8 Å². The molecule has 94 valence electrons. The second kappa shape index (κ2) is 5.48. The Morgan fingerprint density at radius 3 is 2.59 bits per heavy atom. The first-order valence-electron chi connectivity index (χ1n) is 4.78. The number of carbonyl (C=O) groups excluding carboxylic acids is 1. The quantitative estimate of drug-likeness (QED) is 0.648. The van der Waals surface area contributed by atoms with Gasteiger partial charge in [0.15, 0.2) is 0 Å². The van der Waals surface area contributed by atoms with Crippen LogP contribution in [0.1, 0.15) is 12.5 Å². The summed E-state index contributed by atoms with van der Waals surface area (Å²) in [6.45, 7) is 1.25. The van der Waals surface area contributed by atoms with Gasteiger partial charge in [-0.2, -0.15) is 8.42 Å². The van der Waals surface area contributed by atoms with E-state index in [-0.39, 0.29) is 10.6 Å². The van der Waals surface area contributed by atoms with Crippen LogP contribution in [0.5, 0.6) is 0 Å². The normalized spacial score (nSPS) is 11.2. The topological polar surface area (TPSA) is 83.5 Å². The molecule has 0 aliphatic heterocycles. The Bertz CT molecular complexity index is 527. The standard InChI is InChI=1S/C10H12ClNO4S/c1-7(13)12-9-6-8(4-5-11)2-3-10(9)17(14,15)16/h2-3,6H,4-5H2,1H3,(H,12,13)(H,14,15,16). The van der Waals surface area contributed by atoms with Gasteiger partial charge in [-0.3, -0.25) is 9.35 Å². The van der Waals surface area contributed by atoms with Crippen LogP contribution in [-0.4, -0.2) is 24.8 Å². The fourth-order valence-electron chi connectivity index (χ4n) is 1.35. The van der Waals surface area contributed by atoms with Gasteiger partial charge in [-0.25, -0.2) is 0 Å². The van der Waals surface area contributed by atoms with Gasteiger partial charge in [0.25, 0.3) is 10.1 Å². The lowest BCUT2D eigenvalue weighted by molar-refractivity contribution is -0.114. The molecule has 0 aliphatic carbocycles. The number of benzene rings is 1. The number of hydrogen-bond donors (Lipinski definition) is 2. The highest BCUT2D eigenvalue weighted by atomic mass is 35.5. The van der Waals surface area contributed by atoms with Crippen molar-refractivity contribution in [3.63, 3.8) is 0 Å². The first kappa shape index (κ1) is 14.0. The maximum absolute atomic E-state index is 11.1. The van der Waals surface area contributed by atoms with Crippen molar-refractivity contribution in [3.8, 4) is 0 Å². The predicted molar refractivity (Wildman–Crippen MR) is 65.0 cm³/mol. The van der Waals surface area contributed by atoms with E-state index in [2.05, 4.69) is 5.32 Å². The average Bonchev–Trinajstić information content (AvgIpc) is 2.15. The molecule has 5 nitrogen and oxygen atoms in total. The van der Waals surface area contributed by atoms with Gasteiger partial charge in [-0.05, 0) is 24.1 Å². The summed E-state index contributed by atoms with van der Waals surface area (Å²) in [4.78, 5) is 10.6. The van der Waals surface area contributed by atoms with Crippen molar-refractivity contribution in [1.29, 1.82) is 0 Å². The summed E-state index contributed by atoms with van der Waals surface area (Å²) in [5.41, 5.74) is 0.832. The third-order valence-electron chi connectivity index (χ3n) is 2.02. The third-order valence-corrected chi connectivity index (χ3v) is 3.12. The zero-order valence-electron chi connectivity index (χ0n) is 9.10. The Morgan fingerprint density at radius 2 is 2.12 bits per heavy atom. The molecule has 0 saturated carbocycles. The second-order valence-corrected chi connectivity index (χ2v) is 5.19. The summed E-state index contributed by atoms with van der Waals surface area (Å²) in [7, 11) is -4.36. The number of alkyl halides is 1. The molecular weight excluding hydrogens is 266 g/mol. The summed E-state index contributed by atoms with van der Waals surface area (Å²) < 4.78 is 31.2. The van der Waals surface area contributed by atoms with Crippen molar-refractivity contribution in [2.24, 2.45) is 0 Å². The maximum Gasteiger partial charge on any atom is 0.296 e. The second-order valence-electron chi connectivity index (χ2n) is 3.43. The lowest BCUT2D eigenvalue weighted by Crippen LogP contribution is -2.11. The van der Waals surface area contributed by atoms with Gasteiger partial charge in [0, 0.05) is 12.8 Å². The lowest BCUT2D eigenvalue weighted by Gasteiger charge is -2.09. The maximum atomic E-state index is 11.1. The van der Waals surface area contributed by atoms with E-state index in [4.69, 9.17) is 16.2 Å². The number of carbonyl (C=O) groups is 1. The number of anilines is 1. The fourth-order valence-corrected chi connectivity index (χ4v) is 2.20. The van der Waals surface area contributed by atoms with Crippen molar-refractivity contribution >= 4 is 33.3 Å². The van der Waals surface area contributed by atoms with Gasteiger partial charge < -0.3 is 5.32 Å². The SMILES string of the molecule is CC(=O)Nc1cc(CCCl)ccc1S(=O)(=O)O. The molecule has 0 heterocycles. The number of aryl methyl sites for hydroxylation is 1. The Morgan fingerprint density at radius 1 is 1.47 bits per heavy atom. The molecule has 1 aromatic rings. The van der Waals surface area contributed by atoms with E-state index in [1.807, 2.05) is 0 Å². The zero-order chi connectivity index (χ0) is 13.1. The predicted octanol–water partition coefficient (Wildman–Crippen LogP) is 1.67. The molecule has 0 bridgehead atoms. The van der Waals surface area contributed by atoms with Crippen LogP contribution in [0.3, 0.4) is 0 Å². The molecule has 1 amide bonds. The van der Waals surface area contributed by atoms with Crippen molar-refractivity contribution in [1.82, 2.24) is 0 Å². The molecule has 0 spiro atoms. The van der Waals surface area contributed by atoms with E-state index in [0.29, 0.717) is 12.3 Å². The molecule has 0 unspecified atom stereocenters. The molecule has 0 aromatic heterocycles. The van der Waals surface area contributed by atoms with Crippen LogP contribution < -0.4 is 5.32 Å². The highest BCUT2D eigenvalue weighted by molar-refractivity contribution is 7.86. The van der Waals surface area contributed by atoms with E-state index in [1.54, 1.807) is 0 Å². The Labute approximate surface area is 105 Å². The number of nitrogens with one attached hydrogen (secondary N) is 1. The smallest absolute Gasteiger partial charge is 0.296 e. The summed E-state index contributed by atoms with van der Waals surface area (Å²) in [5, 5.41) is 2.36. The Balaban J connectivity index is 3.26. The van der Waals surface area contributed by atoms with Crippen LogP contribution >= 0.6 is 11.6 Å². The largest absolute Gasteiger partial charge is 0.325 e. The van der Waals surface area contributed by atoms with Crippen LogP contribution in [0.2, 0.25) is 0 Å². The Hall–Kier alpha value is -1.11. The van der Waals surface area contributed by atoms with E-state index in [1.165, 1.54) is 25.1 Å². The Kier molecular flexibility index (Phi) is 4.50. The van der Waals surface area contributed by atoms with Gasteiger partial charge in [0.05, 0.1) is 5.69 Å². The molecular formula is C10H12ClNO4S. The van der Waals surface area contributed by atoms with Crippen LogP contribution in [0.4, 0.5) is 5.69 Å². The summed E-state index contributed by atoms with van der Waals surface area (Å²) in [6.07, 6.45) is 0.542. The molecule has 1 aromatic carbocycles. The highest BCUT2D eigenvalue weighted by Gasteiger charge is 2.16. The minimum atomic E-state index is -4.36. The van der Waals surface area contributed by atoms with Gasteiger partial charge >= 0.3 is 0 Å². The summed E-state index contributed by atoms with van der Waals surface area (Å²) in [6, 6.07) is 4.26. The van der Waals surface area contributed by atoms with E-state index < -0.39 is 16.0 Å². The highest BCUT2D eigenvalue weighted by Crippen LogP contribution is 2.23. The number of hydrogen-bond acceptors (Lipinski definition) is 3. The van der Waals surface area contributed by atoms with Crippen LogP contribution in [0, 0.1) is 0 Å². The van der Waals surface area contributed by atoms with Gasteiger partial charge in [-0.1, -0.05) is 6.07 Å². The third kappa shape index (κ3) is 3.99. The van der Waals surface area contributed by atoms with Crippen LogP contribution in [0.15, 0.2) is 23.1 Å². The van der Waals surface area contributed by atoms with Crippen molar-refractivity contribution in [2.45, 2.75) is 18.2 Å². The van der Waals surface area contributed by atoms with Crippen LogP contribution in [-0.2, 0) is 21.3 Å². The number of amides is 1. The minimum Gasteiger partial charge on any atom is -0.325 e. The average molecular weight is 278 g/mol. The molecule has 1 rings (SSSR count). The number of halogens is 1. The van der Waals surface area contributed by atoms with Gasteiger partial charge in [0.1, 0.15) is 4.90 Å². The fraction of sp³-hybridized carbons (Fsp3) is 0.300. The molecule has 0 saturated heterocycles. The molecule has 0 fully saturated rings. The van der Waals surface area contributed by atoms with Crippen molar-refractivity contribution in [2.75, 3.05) is 11.2 Å². The molecule has 2 N–H and O–H groups in total. The molecule has 0 aliphatic rings. The lowest BCUT2D eigenvalue weighted by atomic mass is 10.1. The molecule has 0 atom stereocenters. The van der Waals surface area contributed by atoms with E-state index in [9.17, 15) is 13.2 Å². The monoisotopic (exact) mass is 277 g/mol. The van der Waals surface area contributed by atoms with Gasteiger partial charge in [-0.15, -0.1) is 11.6 Å².